The first-order valence-electron chi connectivity index (χ1n) is 6.65. The Bertz CT molecular complexity index is 638. The summed E-state index contributed by atoms with van der Waals surface area (Å²) in [5.41, 5.74) is 2.41. The number of rotatable bonds is 3. The number of benzene rings is 1. The largest absolute Gasteiger partial charge is 0.419 e. The average molecular weight is 262 g/mol. The maximum absolute atomic E-state index is 11.5. The number of aliphatic hydroxyl groups is 1. The first-order chi connectivity index (χ1) is 9.20. The Balaban J connectivity index is 2.03. The van der Waals surface area contributed by atoms with Gasteiger partial charge in [0.15, 0.2) is 5.58 Å². The number of aliphatic hydroxyl groups excluding tert-OH is 1. The lowest BCUT2D eigenvalue weighted by molar-refractivity contribution is 0.147. The first-order valence-corrected chi connectivity index (χ1v) is 6.65. The maximum atomic E-state index is 11.5. The van der Waals surface area contributed by atoms with E-state index in [9.17, 15) is 9.90 Å². The third-order valence-corrected chi connectivity index (χ3v) is 3.95. The van der Waals surface area contributed by atoms with E-state index in [1.165, 1.54) is 17.4 Å². The van der Waals surface area contributed by atoms with Crippen molar-refractivity contribution < 1.29 is 9.52 Å². The molecule has 1 saturated heterocycles. The highest BCUT2D eigenvalue weighted by Gasteiger charge is 2.23. The van der Waals surface area contributed by atoms with E-state index < -0.39 is 0 Å². The Morgan fingerprint density at radius 2 is 2.11 bits per heavy atom. The fourth-order valence-corrected chi connectivity index (χ4v) is 2.84. The van der Waals surface area contributed by atoms with Crippen LogP contribution in [0.25, 0.3) is 11.1 Å². The molecule has 19 heavy (non-hydrogen) atoms. The Hall–Kier alpha value is -1.59. The van der Waals surface area contributed by atoms with Crippen LogP contribution in [0.2, 0.25) is 0 Å². The quantitative estimate of drug-likeness (QED) is 0.904. The highest BCUT2D eigenvalue weighted by molar-refractivity contribution is 5.73. The molecule has 5 heteroatoms. The molecule has 5 nitrogen and oxygen atoms in total. The predicted molar refractivity (Wildman–Crippen MR) is 72.1 cm³/mol. The minimum atomic E-state index is -0.353. The van der Waals surface area contributed by atoms with Crippen LogP contribution in [-0.4, -0.2) is 34.3 Å². The van der Waals surface area contributed by atoms with Crippen LogP contribution in [0.5, 0.6) is 0 Å². The van der Waals surface area contributed by atoms with Crippen molar-refractivity contribution in [1.29, 1.82) is 0 Å². The van der Waals surface area contributed by atoms with Gasteiger partial charge in [-0.15, -0.1) is 0 Å². The molecule has 0 radical (unpaired) electrons. The molecule has 1 aromatic heterocycles. The van der Waals surface area contributed by atoms with Gasteiger partial charge in [-0.1, -0.05) is 6.07 Å². The Morgan fingerprint density at radius 1 is 1.37 bits per heavy atom. The van der Waals surface area contributed by atoms with E-state index in [0.717, 1.165) is 24.2 Å². The van der Waals surface area contributed by atoms with Crippen molar-refractivity contribution in [2.24, 2.45) is 7.05 Å². The van der Waals surface area contributed by atoms with E-state index in [1.807, 2.05) is 18.2 Å². The molecule has 1 aliphatic rings. The molecular weight excluding hydrogens is 244 g/mol. The van der Waals surface area contributed by atoms with Gasteiger partial charge in [-0.25, -0.2) is 4.79 Å². The molecule has 1 atom stereocenters. The number of likely N-dealkylation sites (tertiary alicyclic amines) is 1. The summed E-state index contributed by atoms with van der Waals surface area (Å²) in [5.74, 6) is -0.353. The molecule has 3 rings (SSSR count). The molecule has 0 saturated carbocycles. The molecule has 1 unspecified atom stereocenters. The van der Waals surface area contributed by atoms with Gasteiger partial charge in [-0.05, 0) is 43.6 Å². The molecule has 102 valence electrons. The van der Waals surface area contributed by atoms with E-state index in [0.29, 0.717) is 5.58 Å². The lowest BCUT2D eigenvalue weighted by Gasteiger charge is -2.26. The van der Waals surface area contributed by atoms with Gasteiger partial charge in [0.05, 0.1) is 18.2 Å². The molecule has 1 aliphatic heterocycles. The van der Waals surface area contributed by atoms with E-state index >= 15 is 0 Å². The minimum absolute atomic E-state index is 0.0110. The fraction of sp³-hybridized carbons (Fsp3) is 0.500. The molecule has 0 amide bonds. The number of aryl methyl sites for hydroxylation is 1. The van der Waals surface area contributed by atoms with Crippen molar-refractivity contribution in [2.75, 3.05) is 19.7 Å². The summed E-state index contributed by atoms with van der Waals surface area (Å²) >= 11 is 0. The molecule has 1 fully saturated rings. The van der Waals surface area contributed by atoms with Crippen molar-refractivity contribution in [1.82, 2.24) is 9.47 Å². The van der Waals surface area contributed by atoms with Crippen LogP contribution in [0, 0.1) is 0 Å². The molecular formula is C14H18N2O3. The van der Waals surface area contributed by atoms with Crippen LogP contribution in [-0.2, 0) is 7.05 Å². The lowest BCUT2D eigenvalue weighted by Crippen LogP contribution is -2.28. The summed E-state index contributed by atoms with van der Waals surface area (Å²) in [6, 6.07) is 5.70. The SMILES string of the molecule is Cn1c(=O)oc2ccc(C(CO)N3CCCC3)cc21. The molecule has 0 aliphatic carbocycles. The van der Waals surface area contributed by atoms with E-state index in [4.69, 9.17) is 4.42 Å². The van der Waals surface area contributed by atoms with Crippen molar-refractivity contribution in [3.8, 4) is 0 Å². The monoisotopic (exact) mass is 262 g/mol. The minimum Gasteiger partial charge on any atom is -0.408 e. The number of hydrogen-bond acceptors (Lipinski definition) is 4. The molecule has 0 spiro atoms. The van der Waals surface area contributed by atoms with Gasteiger partial charge in [0.25, 0.3) is 0 Å². The van der Waals surface area contributed by atoms with Crippen molar-refractivity contribution in [3.05, 3.63) is 34.3 Å². The van der Waals surface area contributed by atoms with Gasteiger partial charge in [0.1, 0.15) is 0 Å². The van der Waals surface area contributed by atoms with Crippen LogP contribution in [0.4, 0.5) is 0 Å². The second kappa shape index (κ2) is 4.83. The van der Waals surface area contributed by atoms with Crippen LogP contribution in [0.1, 0.15) is 24.4 Å². The van der Waals surface area contributed by atoms with Crippen LogP contribution in [0.3, 0.4) is 0 Å². The summed E-state index contributed by atoms with van der Waals surface area (Å²) in [6.45, 7) is 2.14. The van der Waals surface area contributed by atoms with Crippen molar-refractivity contribution in [3.63, 3.8) is 0 Å². The second-order valence-corrected chi connectivity index (χ2v) is 5.10. The standard InChI is InChI=1S/C14H18N2O3/c1-15-11-8-10(4-5-13(11)19-14(15)18)12(9-17)16-6-2-3-7-16/h4-5,8,12,17H,2-3,6-7,9H2,1H3. The van der Waals surface area contributed by atoms with E-state index in [-0.39, 0.29) is 18.4 Å². The van der Waals surface area contributed by atoms with Gasteiger partial charge >= 0.3 is 5.76 Å². The number of aromatic nitrogens is 1. The normalized spacial score (nSPS) is 18.2. The van der Waals surface area contributed by atoms with Crippen LogP contribution < -0.4 is 5.76 Å². The number of fused-ring (bicyclic) bond motifs is 1. The van der Waals surface area contributed by atoms with Gasteiger partial charge in [0, 0.05) is 7.05 Å². The van der Waals surface area contributed by atoms with Gasteiger partial charge in [-0.3, -0.25) is 9.47 Å². The summed E-state index contributed by atoms with van der Waals surface area (Å²) in [6.07, 6.45) is 2.37. The number of hydrogen-bond donors (Lipinski definition) is 1. The third-order valence-electron chi connectivity index (χ3n) is 3.95. The van der Waals surface area contributed by atoms with Crippen LogP contribution in [0.15, 0.2) is 27.4 Å². The molecule has 0 bridgehead atoms. The van der Waals surface area contributed by atoms with Gasteiger partial charge in [-0.2, -0.15) is 0 Å². The highest BCUT2D eigenvalue weighted by Crippen LogP contribution is 2.26. The molecule has 1 aromatic carbocycles. The molecule has 2 aromatic rings. The topological polar surface area (TPSA) is 58.6 Å². The van der Waals surface area contributed by atoms with Crippen molar-refractivity contribution in [2.45, 2.75) is 18.9 Å². The first kappa shape index (κ1) is 12.4. The Kier molecular flexibility index (Phi) is 3.16. The smallest absolute Gasteiger partial charge is 0.408 e. The zero-order chi connectivity index (χ0) is 13.4. The molecule has 2 heterocycles. The zero-order valence-corrected chi connectivity index (χ0v) is 11.0. The summed E-state index contributed by atoms with van der Waals surface area (Å²) in [5, 5.41) is 9.65. The lowest BCUT2D eigenvalue weighted by atomic mass is 10.1. The average Bonchev–Trinajstić information content (AvgIpc) is 3.02. The maximum Gasteiger partial charge on any atom is 0.419 e. The summed E-state index contributed by atoms with van der Waals surface area (Å²) < 4.78 is 6.62. The summed E-state index contributed by atoms with van der Waals surface area (Å²) in [4.78, 5) is 13.8. The van der Waals surface area contributed by atoms with E-state index in [1.54, 1.807) is 7.05 Å². The Morgan fingerprint density at radius 3 is 2.79 bits per heavy atom. The molecule has 1 N–H and O–H groups in total. The second-order valence-electron chi connectivity index (χ2n) is 5.10. The fourth-order valence-electron chi connectivity index (χ4n) is 2.84. The van der Waals surface area contributed by atoms with Crippen molar-refractivity contribution >= 4 is 11.1 Å². The Labute approximate surface area is 111 Å². The number of oxazole rings is 1. The zero-order valence-electron chi connectivity index (χ0n) is 11.0. The van der Waals surface area contributed by atoms with Gasteiger partial charge < -0.3 is 9.52 Å². The third kappa shape index (κ3) is 2.09. The van der Waals surface area contributed by atoms with E-state index in [2.05, 4.69) is 4.90 Å². The highest BCUT2D eigenvalue weighted by atomic mass is 16.4. The predicted octanol–water partition coefficient (Wildman–Crippen LogP) is 1.26. The van der Waals surface area contributed by atoms with Crippen LogP contribution >= 0.6 is 0 Å². The number of nitrogens with zero attached hydrogens (tertiary/aromatic N) is 2. The summed E-state index contributed by atoms with van der Waals surface area (Å²) in [7, 11) is 1.70. The van der Waals surface area contributed by atoms with Gasteiger partial charge in [0.2, 0.25) is 0 Å².